The molecule has 3 rings (SSSR count). The number of amides is 1. The number of para-hydroxylation sites is 1. The van der Waals surface area contributed by atoms with E-state index in [1.54, 1.807) is 23.1 Å². The Hall–Kier alpha value is -3.00. The summed E-state index contributed by atoms with van der Waals surface area (Å²) in [4.78, 5) is 24.5. The predicted molar refractivity (Wildman–Crippen MR) is 92.9 cm³/mol. The highest BCUT2D eigenvalue weighted by Crippen LogP contribution is 2.37. The molecule has 0 spiro atoms. The van der Waals surface area contributed by atoms with Gasteiger partial charge in [0.15, 0.2) is 0 Å². The molecule has 1 fully saturated rings. The monoisotopic (exact) mass is 359 g/mol. The van der Waals surface area contributed by atoms with Gasteiger partial charge in [-0.2, -0.15) is 0 Å². The molecule has 1 amide bonds. The first-order chi connectivity index (χ1) is 12.5. The Kier molecular flexibility index (Phi) is 5.13. The van der Waals surface area contributed by atoms with E-state index in [0.29, 0.717) is 31.5 Å². The molecule has 0 atom stereocenters. The average molecular weight is 359 g/mol. The van der Waals surface area contributed by atoms with Crippen LogP contribution in [-0.4, -0.2) is 29.1 Å². The molecule has 1 aliphatic heterocycles. The minimum atomic E-state index is -0.806. The van der Waals surface area contributed by atoms with Gasteiger partial charge < -0.3 is 4.90 Å². The molecule has 0 saturated carbocycles. The number of benzene rings is 2. The average Bonchev–Trinajstić information content (AvgIpc) is 2.67. The van der Waals surface area contributed by atoms with Crippen molar-refractivity contribution in [2.45, 2.75) is 18.8 Å². The Morgan fingerprint density at radius 3 is 2.50 bits per heavy atom. The van der Waals surface area contributed by atoms with Crippen LogP contribution in [-0.2, 0) is 0 Å². The lowest BCUT2D eigenvalue weighted by Crippen LogP contribution is -2.35. The number of nitro benzene ring substituents is 1. The zero-order chi connectivity index (χ0) is 18.7. The maximum Gasteiger partial charge on any atom is 0.293 e. The van der Waals surface area contributed by atoms with Crippen LogP contribution in [0.3, 0.4) is 0 Å². The fraction of sp³-hybridized carbons (Fsp3) is 0.278. The molecule has 26 heavy (non-hydrogen) atoms. The van der Waals surface area contributed by atoms with Gasteiger partial charge in [-0.05, 0) is 36.5 Å². The van der Waals surface area contributed by atoms with Crippen molar-refractivity contribution in [3.63, 3.8) is 0 Å². The van der Waals surface area contributed by atoms with Gasteiger partial charge >= 0.3 is 0 Å². The Morgan fingerprint density at radius 1 is 1.19 bits per heavy atom. The number of hydrogen-bond donors (Lipinski definition) is 2. The van der Waals surface area contributed by atoms with E-state index < -0.39 is 10.8 Å². The molecule has 0 radical (unpaired) electrons. The molecule has 136 valence electrons. The SMILES string of the molecule is O=C(NO)c1cccc([N+](=O)[O-])c1N1CCC(c2ccccc2F)CC1. The van der Waals surface area contributed by atoms with E-state index >= 15 is 0 Å². The minimum Gasteiger partial charge on any atom is -0.365 e. The molecule has 0 bridgehead atoms. The highest BCUT2D eigenvalue weighted by molar-refractivity contribution is 6.01. The second kappa shape index (κ2) is 7.49. The molecule has 2 aromatic rings. The molecule has 0 unspecified atom stereocenters. The van der Waals surface area contributed by atoms with E-state index in [1.165, 1.54) is 29.7 Å². The van der Waals surface area contributed by atoms with Crippen molar-refractivity contribution in [2.75, 3.05) is 18.0 Å². The highest BCUT2D eigenvalue weighted by atomic mass is 19.1. The van der Waals surface area contributed by atoms with Gasteiger partial charge in [-0.3, -0.25) is 20.1 Å². The smallest absolute Gasteiger partial charge is 0.293 e. The van der Waals surface area contributed by atoms with Crippen molar-refractivity contribution < 1.29 is 19.3 Å². The predicted octanol–water partition coefficient (Wildman–Crippen LogP) is 3.24. The van der Waals surface area contributed by atoms with Crippen molar-refractivity contribution in [1.29, 1.82) is 0 Å². The second-order valence-corrected chi connectivity index (χ2v) is 6.15. The lowest BCUT2D eigenvalue weighted by molar-refractivity contribution is -0.384. The van der Waals surface area contributed by atoms with E-state index in [4.69, 9.17) is 5.21 Å². The third-order valence-corrected chi connectivity index (χ3v) is 4.71. The number of hydroxylamine groups is 1. The van der Waals surface area contributed by atoms with E-state index in [9.17, 15) is 19.3 Å². The Balaban J connectivity index is 1.88. The number of nitro groups is 1. The lowest BCUT2D eigenvalue weighted by Gasteiger charge is -2.34. The summed E-state index contributed by atoms with van der Waals surface area (Å²) >= 11 is 0. The number of carbonyl (C=O) groups is 1. The number of rotatable bonds is 4. The van der Waals surface area contributed by atoms with Crippen LogP contribution in [0.1, 0.15) is 34.7 Å². The van der Waals surface area contributed by atoms with Gasteiger partial charge in [0.1, 0.15) is 11.5 Å². The van der Waals surface area contributed by atoms with Crippen LogP contribution >= 0.6 is 0 Å². The highest BCUT2D eigenvalue weighted by Gasteiger charge is 2.30. The summed E-state index contributed by atoms with van der Waals surface area (Å²) in [6, 6.07) is 10.8. The summed E-state index contributed by atoms with van der Waals surface area (Å²) < 4.78 is 14.0. The van der Waals surface area contributed by atoms with Crippen molar-refractivity contribution in [1.82, 2.24) is 5.48 Å². The van der Waals surface area contributed by atoms with Crippen molar-refractivity contribution in [3.8, 4) is 0 Å². The largest absolute Gasteiger partial charge is 0.365 e. The molecular weight excluding hydrogens is 341 g/mol. The Labute approximate surface area is 149 Å². The van der Waals surface area contributed by atoms with Crippen LogP contribution in [0.2, 0.25) is 0 Å². The molecule has 8 heteroatoms. The summed E-state index contributed by atoms with van der Waals surface area (Å²) in [6.07, 6.45) is 1.21. The summed E-state index contributed by atoms with van der Waals surface area (Å²) in [5, 5.41) is 20.3. The summed E-state index contributed by atoms with van der Waals surface area (Å²) in [6.45, 7) is 0.880. The molecular formula is C18H18FN3O4. The summed E-state index contributed by atoms with van der Waals surface area (Å²) in [7, 11) is 0. The van der Waals surface area contributed by atoms with Crippen molar-refractivity contribution in [3.05, 3.63) is 69.5 Å². The van der Waals surface area contributed by atoms with Crippen LogP contribution in [0, 0.1) is 15.9 Å². The number of hydrogen-bond acceptors (Lipinski definition) is 5. The number of nitrogens with zero attached hydrogens (tertiary/aromatic N) is 2. The quantitative estimate of drug-likeness (QED) is 0.496. The van der Waals surface area contributed by atoms with Gasteiger partial charge in [-0.25, -0.2) is 9.87 Å². The van der Waals surface area contributed by atoms with Crippen LogP contribution in [0.15, 0.2) is 42.5 Å². The van der Waals surface area contributed by atoms with Gasteiger partial charge in [0.2, 0.25) is 0 Å². The molecule has 0 aliphatic carbocycles. The van der Waals surface area contributed by atoms with Crippen LogP contribution in [0.5, 0.6) is 0 Å². The first-order valence-corrected chi connectivity index (χ1v) is 8.24. The second-order valence-electron chi connectivity index (χ2n) is 6.15. The van der Waals surface area contributed by atoms with Crippen molar-refractivity contribution >= 4 is 17.3 Å². The molecule has 7 nitrogen and oxygen atoms in total. The van der Waals surface area contributed by atoms with Gasteiger partial charge in [-0.1, -0.05) is 24.3 Å². The summed E-state index contributed by atoms with van der Waals surface area (Å²) in [5.74, 6) is -1.04. The standard InChI is InChI=1S/C18H18FN3O4/c19-15-6-2-1-4-13(15)12-8-10-21(11-9-12)17-14(18(23)20-24)5-3-7-16(17)22(25)26/h1-7,12,24H,8-11H2,(H,20,23). The normalized spacial score (nSPS) is 14.9. The fourth-order valence-electron chi connectivity index (χ4n) is 3.47. The maximum atomic E-state index is 14.0. The molecule has 1 saturated heterocycles. The van der Waals surface area contributed by atoms with Crippen LogP contribution < -0.4 is 10.4 Å². The third-order valence-electron chi connectivity index (χ3n) is 4.71. The number of halogens is 1. The number of anilines is 1. The van der Waals surface area contributed by atoms with E-state index in [2.05, 4.69) is 0 Å². The molecule has 1 aliphatic rings. The minimum absolute atomic E-state index is 0.0188. The first-order valence-electron chi connectivity index (χ1n) is 8.24. The first kappa shape index (κ1) is 17.8. The molecule has 2 aromatic carbocycles. The third kappa shape index (κ3) is 3.36. The van der Waals surface area contributed by atoms with E-state index in [-0.39, 0.29) is 28.7 Å². The van der Waals surface area contributed by atoms with Gasteiger partial charge in [0, 0.05) is 19.2 Å². The number of nitrogens with one attached hydrogen (secondary N) is 1. The van der Waals surface area contributed by atoms with Crippen LogP contribution in [0.4, 0.5) is 15.8 Å². The number of carbonyl (C=O) groups excluding carboxylic acids is 1. The van der Waals surface area contributed by atoms with E-state index in [0.717, 1.165) is 0 Å². The zero-order valence-corrected chi connectivity index (χ0v) is 13.9. The van der Waals surface area contributed by atoms with Crippen molar-refractivity contribution in [2.24, 2.45) is 0 Å². The topological polar surface area (TPSA) is 95.7 Å². The molecule has 1 heterocycles. The fourth-order valence-corrected chi connectivity index (χ4v) is 3.47. The summed E-state index contributed by atoms with van der Waals surface area (Å²) in [5.41, 5.74) is 2.18. The van der Waals surface area contributed by atoms with Gasteiger partial charge in [-0.15, -0.1) is 0 Å². The van der Waals surface area contributed by atoms with Gasteiger partial charge in [0.05, 0.1) is 10.5 Å². The maximum absolute atomic E-state index is 14.0. The van der Waals surface area contributed by atoms with E-state index in [1.807, 2.05) is 0 Å². The van der Waals surface area contributed by atoms with Crippen LogP contribution in [0.25, 0.3) is 0 Å². The van der Waals surface area contributed by atoms with Gasteiger partial charge in [0.25, 0.3) is 11.6 Å². The molecule has 0 aromatic heterocycles. The Bertz CT molecular complexity index is 835. The zero-order valence-electron chi connectivity index (χ0n) is 13.9. The molecule has 2 N–H and O–H groups in total. The lowest BCUT2D eigenvalue weighted by atomic mass is 9.88. The number of piperidine rings is 1. The Morgan fingerprint density at radius 2 is 1.88 bits per heavy atom.